The fourth-order valence-electron chi connectivity index (χ4n) is 1.81. The molecule has 1 atom stereocenters. The van der Waals surface area contributed by atoms with Gasteiger partial charge in [0.05, 0.1) is 5.56 Å². The van der Waals surface area contributed by atoms with Gasteiger partial charge in [0.1, 0.15) is 0 Å². The number of hydrogen-bond donors (Lipinski definition) is 0. The van der Waals surface area contributed by atoms with Crippen LogP contribution in [0.3, 0.4) is 0 Å². The summed E-state index contributed by atoms with van der Waals surface area (Å²) in [5, 5.41) is 0. The molecule has 0 N–H and O–H groups in total. The number of benzene rings is 1. The third-order valence-corrected chi connectivity index (χ3v) is 2.72. The summed E-state index contributed by atoms with van der Waals surface area (Å²) in [5.74, 6) is -2.40. The van der Waals surface area contributed by atoms with Crippen LogP contribution in [0.5, 0.6) is 0 Å². The highest BCUT2D eigenvalue weighted by Gasteiger charge is 2.28. The maximum Gasteiger partial charge on any atom is 0.169 e. The molecule has 0 aromatic heterocycles. The van der Waals surface area contributed by atoms with E-state index in [4.69, 9.17) is 0 Å². The van der Waals surface area contributed by atoms with Gasteiger partial charge in [0.15, 0.2) is 17.4 Å². The minimum Gasteiger partial charge on any atom is -0.294 e. The Morgan fingerprint density at radius 1 is 1.36 bits per heavy atom. The predicted molar refractivity (Wildman–Crippen MR) is 48.2 cm³/mol. The number of rotatable bonds is 0. The van der Waals surface area contributed by atoms with Crippen LogP contribution in [-0.2, 0) is 6.42 Å². The van der Waals surface area contributed by atoms with Gasteiger partial charge in [0.25, 0.3) is 0 Å². The maximum absolute atomic E-state index is 13.3. The number of carbonyl (C=O) groups is 1. The van der Waals surface area contributed by atoms with E-state index in [9.17, 15) is 13.6 Å². The summed E-state index contributed by atoms with van der Waals surface area (Å²) < 4.78 is 26.2. The summed E-state index contributed by atoms with van der Waals surface area (Å²) in [5.41, 5.74) is 0.593. The van der Waals surface area contributed by atoms with Crippen LogP contribution in [0.2, 0.25) is 0 Å². The van der Waals surface area contributed by atoms with E-state index in [2.05, 4.69) is 0 Å². The molecule has 0 saturated heterocycles. The first-order valence-corrected chi connectivity index (χ1v) is 4.62. The van der Waals surface area contributed by atoms with E-state index in [1.165, 1.54) is 6.07 Å². The van der Waals surface area contributed by atoms with Gasteiger partial charge in [-0.15, -0.1) is 0 Å². The molecular formula is C11H10F2O. The van der Waals surface area contributed by atoms with E-state index in [-0.39, 0.29) is 17.3 Å². The van der Waals surface area contributed by atoms with Gasteiger partial charge >= 0.3 is 0 Å². The second kappa shape index (κ2) is 3.15. The van der Waals surface area contributed by atoms with Crippen LogP contribution in [0.4, 0.5) is 8.78 Å². The minimum absolute atomic E-state index is 0.0382. The third-order valence-electron chi connectivity index (χ3n) is 2.72. The van der Waals surface area contributed by atoms with Crippen LogP contribution in [0, 0.1) is 17.6 Å². The number of carbonyl (C=O) groups excluding carboxylic acids is 1. The summed E-state index contributed by atoms with van der Waals surface area (Å²) in [7, 11) is 0. The molecule has 0 fully saturated rings. The van der Waals surface area contributed by atoms with Crippen LogP contribution in [-0.4, -0.2) is 5.78 Å². The number of halogens is 2. The fourth-order valence-corrected chi connectivity index (χ4v) is 1.81. The normalized spacial score (nSPS) is 20.8. The van der Waals surface area contributed by atoms with E-state index >= 15 is 0 Å². The second-order valence-electron chi connectivity index (χ2n) is 3.70. The Morgan fingerprint density at radius 3 is 2.79 bits per heavy atom. The van der Waals surface area contributed by atoms with Crippen molar-refractivity contribution in [2.75, 3.05) is 0 Å². The Balaban J connectivity index is 2.62. The first-order valence-electron chi connectivity index (χ1n) is 4.62. The lowest BCUT2D eigenvalue weighted by molar-refractivity contribution is 0.0907. The fraction of sp³-hybridized carbons (Fsp3) is 0.364. The smallest absolute Gasteiger partial charge is 0.169 e. The molecule has 1 nitrogen and oxygen atoms in total. The van der Waals surface area contributed by atoms with Crippen LogP contribution in [0.1, 0.15) is 29.3 Å². The number of Topliss-reactive ketones (excluding diaryl/α,β-unsaturated/α-hetero) is 1. The van der Waals surface area contributed by atoms with Crippen molar-refractivity contribution in [2.24, 2.45) is 5.92 Å². The standard InChI is InChI=1S/C11H10F2O/c1-6-2-3-7-4-5-8(12)10(13)9(7)11(6)14/h4-6H,2-3H2,1H3. The van der Waals surface area contributed by atoms with Crippen molar-refractivity contribution >= 4 is 5.78 Å². The topological polar surface area (TPSA) is 17.1 Å². The average Bonchev–Trinajstić information content (AvgIpc) is 2.17. The molecule has 3 heteroatoms. The highest BCUT2D eigenvalue weighted by Crippen LogP contribution is 2.28. The lowest BCUT2D eigenvalue weighted by Crippen LogP contribution is -2.22. The van der Waals surface area contributed by atoms with Crippen molar-refractivity contribution < 1.29 is 13.6 Å². The largest absolute Gasteiger partial charge is 0.294 e. The Hall–Kier alpha value is -1.25. The molecule has 1 unspecified atom stereocenters. The predicted octanol–water partition coefficient (Wildman–Crippen LogP) is 2.73. The number of fused-ring (bicyclic) bond motifs is 1. The quantitative estimate of drug-likeness (QED) is 0.623. The maximum atomic E-state index is 13.3. The van der Waals surface area contributed by atoms with Crippen molar-refractivity contribution in [2.45, 2.75) is 19.8 Å². The van der Waals surface area contributed by atoms with Gasteiger partial charge < -0.3 is 0 Å². The van der Waals surface area contributed by atoms with Crippen LogP contribution in [0.15, 0.2) is 12.1 Å². The van der Waals surface area contributed by atoms with Gasteiger partial charge in [-0.1, -0.05) is 13.0 Å². The average molecular weight is 196 g/mol. The summed E-state index contributed by atoms with van der Waals surface area (Å²) in [6, 6.07) is 2.58. The molecule has 14 heavy (non-hydrogen) atoms. The first kappa shape index (κ1) is 9.31. The van der Waals surface area contributed by atoms with Gasteiger partial charge in [0, 0.05) is 5.92 Å². The molecule has 0 saturated carbocycles. The molecule has 2 rings (SSSR count). The molecule has 0 bridgehead atoms. The van der Waals surface area contributed by atoms with Crippen molar-refractivity contribution in [3.8, 4) is 0 Å². The molecule has 1 aliphatic rings. The van der Waals surface area contributed by atoms with Gasteiger partial charge in [-0.25, -0.2) is 8.78 Å². The lowest BCUT2D eigenvalue weighted by Gasteiger charge is -2.20. The van der Waals surface area contributed by atoms with Gasteiger partial charge in [0.2, 0.25) is 0 Å². The van der Waals surface area contributed by atoms with E-state index < -0.39 is 11.6 Å². The SMILES string of the molecule is CC1CCc2ccc(F)c(F)c2C1=O. The van der Waals surface area contributed by atoms with Gasteiger partial charge in [-0.3, -0.25) is 4.79 Å². The molecule has 1 aliphatic carbocycles. The van der Waals surface area contributed by atoms with Crippen LogP contribution < -0.4 is 0 Å². The monoisotopic (exact) mass is 196 g/mol. The van der Waals surface area contributed by atoms with E-state index in [1.807, 2.05) is 0 Å². The Kier molecular flexibility index (Phi) is 2.10. The molecular weight excluding hydrogens is 186 g/mol. The highest BCUT2D eigenvalue weighted by atomic mass is 19.2. The summed E-state index contributed by atoms with van der Waals surface area (Å²) in [4.78, 5) is 11.6. The molecule has 0 amide bonds. The third kappa shape index (κ3) is 1.24. The summed E-state index contributed by atoms with van der Waals surface area (Å²) in [6.45, 7) is 1.75. The number of hydrogen-bond acceptors (Lipinski definition) is 1. The van der Waals surface area contributed by atoms with Crippen LogP contribution in [0.25, 0.3) is 0 Å². The van der Waals surface area contributed by atoms with Crippen LogP contribution >= 0.6 is 0 Å². The van der Waals surface area contributed by atoms with Gasteiger partial charge in [-0.05, 0) is 24.5 Å². The zero-order chi connectivity index (χ0) is 10.3. The van der Waals surface area contributed by atoms with Gasteiger partial charge in [-0.2, -0.15) is 0 Å². The zero-order valence-electron chi connectivity index (χ0n) is 7.81. The zero-order valence-corrected chi connectivity index (χ0v) is 7.81. The second-order valence-corrected chi connectivity index (χ2v) is 3.70. The van der Waals surface area contributed by atoms with E-state index in [0.717, 1.165) is 12.5 Å². The minimum atomic E-state index is -0.987. The first-order chi connectivity index (χ1) is 6.61. The lowest BCUT2D eigenvalue weighted by atomic mass is 9.83. The number of ketones is 1. The van der Waals surface area contributed by atoms with Crippen molar-refractivity contribution in [3.05, 3.63) is 34.9 Å². The Bertz CT molecular complexity index is 399. The van der Waals surface area contributed by atoms with Crippen molar-refractivity contribution in [1.29, 1.82) is 0 Å². The molecule has 0 heterocycles. The summed E-state index contributed by atoms with van der Waals surface area (Å²) >= 11 is 0. The molecule has 1 aromatic carbocycles. The Morgan fingerprint density at radius 2 is 2.07 bits per heavy atom. The molecule has 0 radical (unpaired) electrons. The summed E-state index contributed by atoms with van der Waals surface area (Å²) in [6.07, 6.45) is 1.37. The molecule has 0 aliphatic heterocycles. The molecule has 74 valence electrons. The Labute approximate surface area is 80.7 Å². The number of aryl methyl sites for hydroxylation is 1. The van der Waals surface area contributed by atoms with E-state index in [0.29, 0.717) is 12.0 Å². The van der Waals surface area contributed by atoms with Crippen molar-refractivity contribution in [1.82, 2.24) is 0 Å². The van der Waals surface area contributed by atoms with Crippen molar-refractivity contribution in [3.63, 3.8) is 0 Å². The molecule has 1 aromatic rings. The van der Waals surface area contributed by atoms with E-state index in [1.54, 1.807) is 6.92 Å². The highest BCUT2D eigenvalue weighted by molar-refractivity contribution is 6.00. The molecule has 0 spiro atoms.